The fourth-order valence-corrected chi connectivity index (χ4v) is 2.47. The van der Waals surface area contributed by atoms with Crippen LogP contribution in [0, 0.1) is 5.82 Å². The van der Waals surface area contributed by atoms with Crippen LogP contribution in [-0.4, -0.2) is 18.6 Å². The van der Waals surface area contributed by atoms with Crippen molar-refractivity contribution in [1.29, 1.82) is 0 Å². The predicted molar refractivity (Wildman–Crippen MR) is 62.3 cm³/mol. The van der Waals surface area contributed by atoms with Gasteiger partial charge in [0, 0.05) is 29.0 Å². The Hall–Kier alpha value is -0.450. The van der Waals surface area contributed by atoms with Crippen molar-refractivity contribution in [2.75, 3.05) is 13.1 Å². The van der Waals surface area contributed by atoms with Crippen LogP contribution in [0.3, 0.4) is 0 Å². The average molecular weight is 273 g/mol. The lowest BCUT2D eigenvalue weighted by Gasteiger charge is -2.26. The predicted octanol–water partition coefficient (Wildman–Crippen LogP) is 1.99. The number of halogens is 2. The van der Waals surface area contributed by atoms with Crippen molar-refractivity contribution in [1.82, 2.24) is 5.32 Å². The first-order valence-electron chi connectivity index (χ1n) is 4.95. The summed E-state index contributed by atoms with van der Waals surface area (Å²) in [5.41, 5.74) is 6.45. The molecule has 15 heavy (non-hydrogen) atoms. The molecule has 1 aliphatic rings. The molecule has 0 radical (unpaired) electrons. The van der Waals surface area contributed by atoms with Crippen molar-refractivity contribution in [2.24, 2.45) is 5.73 Å². The van der Waals surface area contributed by atoms with Gasteiger partial charge in [-0.1, -0.05) is 15.9 Å². The van der Waals surface area contributed by atoms with E-state index in [4.69, 9.17) is 5.73 Å². The van der Waals surface area contributed by atoms with Crippen LogP contribution in [0.15, 0.2) is 22.7 Å². The van der Waals surface area contributed by atoms with Gasteiger partial charge in [-0.3, -0.25) is 0 Å². The Bertz CT molecular complexity index is 379. The van der Waals surface area contributed by atoms with Crippen LogP contribution >= 0.6 is 15.9 Å². The Morgan fingerprint density at radius 1 is 1.60 bits per heavy atom. The minimum Gasteiger partial charge on any atom is -0.324 e. The largest absolute Gasteiger partial charge is 0.324 e. The molecule has 4 heteroatoms. The molecule has 2 rings (SSSR count). The third-order valence-electron chi connectivity index (χ3n) is 2.98. The Balaban J connectivity index is 2.40. The van der Waals surface area contributed by atoms with Gasteiger partial charge in [-0.2, -0.15) is 0 Å². The molecule has 1 aromatic rings. The van der Waals surface area contributed by atoms with E-state index in [1.165, 1.54) is 6.07 Å². The zero-order valence-electron chi connectivity index (χ0n) is 8.56. The van der Waals surface area contributed by atoms with Gasteiger partial charge in [0.25, 0.3) is 0 Å². The first-order chi connectivity index (χ1) is 7.00. The molecule has 0 spiro atoms. The minimum atomic E-state index is -0.373. The number of nitrogens with two attached hydrogens (primary N) is 1. The summed E-state index contributed by atoms with van der Waals surface area (Å²) in [6.07, 6.45) is 0. The molecule has 3 N–H and O–H groups in total. The molecule has 2 nitrogen and oxygen atoms in total. The molecule has 1 aliphatic heterocycles. The van der Waals surface area contributed by atoms with Crippen LogP contribution in [0.2, 0.25) is 0 Å². The average Bonchev–Trinajstić information content (AvgIpc) is 2.50. The molecule has 2 atom stereocenters. The molecular weight excluding hydrogens is 259 g/mol. The van der Waals surface area contributed by atoms with Crippen molar-refractivity contribution in [3.05, 3.63) is 34.1 Å². The Morgan fingerprint density at radius 3 is 2.93 bits per heavy atom. The highest BCUT2D eigenvalue weighted by atomic mass is 79.9. The number of hydrogen-bond donors (Lipinski definition) is 2. The molecule has 0 saturated carbocycles. The maximum atomic E-state index is 13.7. The smallest absolute Gasteiger partial charge is 0.126 e. The Labute approximate surface area is 97.2 Å². The van der Waals surface area contributed by atoms with Crippen molar-refractivity contribution in [3.8, 4) is 0 Å². The molecule has 2 unspecified atom stereocenters. The first-order valence-corrected chi connectivity index (χ1v) is 5.74. The van der Waals surface area contributed by atoms with E-state index in [9.17, 15) is 4.39 Å². The maximum Gasteiger partial charge on any atom is 0.126 e. The van der Waals surface area contributed by atoms with Crippen LogP contribution < -0.4 is 11.1 Å². The number of nitrogens with one attached hydrogen (secondary N) is 1. The number of rotatable bonds is 1. The summed E-state index contributed by atoms with van der Waals surface area (Å²) in [5, 5.41) is 3.20. The molecule has 1 saturated heterocycles. The van der Waals surface area contributed by atoms with Crippen molar-refractivity contribution >= 4 is 15.9 Å². The topological polar surface area (TPSA) is 38.0 Å². The normalized spacial score (nSPS) is 30.8. The fraction of sp³-hybridized carbons (Fsp3) is 0.455. The second-order valence-electron chi connectivity index (χ2n) is 4.36. The summed E-state index contributed by atoms with van der Waals surface area (Å²) in [6.45, 7) is 3.42. The van der Waals surface area contributed by atoms with Gasteiger partial charge in [0.15, 0.2) is 0 Å². The second kappa shape index (κ2) is 3.85. The molecule has 0 amide bonds. The summed E-state index contributed by atoms with van der Waals surface area (Å²) < 4.78 is 14.6. The van der Waals surface area contributed by atoms with Gasteiger partial charge in [-0.05, 0) is 30.7 Å². The third-order valence-corrected chi connectivity index (χ3v) is 3.48. The molecule has 1 fully saturated rings. The zero-order valence-corrected chi connectivity index (χ0v) is 10.1. The van der Waals surface area contributed by atoms with Gasteiger partial charge in [-0.15, -0.1) is 0 Å². The van der Waals surface area contributed by atoms with Crippen LogP contribution in [0.5, 0.6) is 0 Å². The minimum absolute atomic E-state index is 0.0370. The third kappa shape index (κ3) is 2.07. The highest BCUT2D eigenvalue weighted by Crippen LogP contribution is 2.32. The SMILES string of the molecule is CC1(N)CNCC1c1cc(Br)ccc1F. The van der Waals surface area contributed by atoms with E-state index in [-0.39, 0.29) is 17.3 Å². The van der Waals surface area contributed by atoms with Gasteiger partial charge in [-0.25, -0.2) is 4.39 Å². The van der Waals surface area contributed by atoms with E-state index in [1.54, 1.807) is 6.07 Å². The van der Waals surface area contributed by atoms with Crippen LogP contribution in [0.25, 0.3) is 0 Å². The van der Waals surface area contributed by atoms with Gasteiger partial charge < -0.3 is 11.1 Å². The summed E-state index contributed by atoms with van der Waals surface area (Å²) >= 11 is 3.35. The van der Waals surface area contributed by atoms with Crippen LogP contribution in [-0.2, 0) is 0 Å². The quantitative estimate of drug-likeness (QED) is 0.821. The fourth-order valence-electron chi connectivity index (χ4n) is 2.09. The molecule has 0 bridgehead atoms. The lowest BCUT2D eigenvalue weighted by atomic mass is 9.84. The summed E-state index contributed by atoms with van der Waals surface area (Å²) in [7, 11) is 0. The highest BCUT2D eigenvalue weighted by Gasteiger charge is 2.37. The van der Waals surface area contributed by atoms with Gasteiger partial charge in [0.1, 0.15) is 5.82 Å². The van der Waals surface area contributed by atoms with Gasteiger partial charge >= 0.3 is 0 Å². The van der Waals surface area contributed by atoms with Gasteiger partial charge in [0.05, 0.1) is 0 Å². The van der Waals surface area contributed by atoms with E-state index >= 15 is 0 Å². The first kappa shape index (κ1) is 11.0. The molecular formula is C11H14BrFN2. The molecule has 1 heterocycles. The standard InChI is InChI=1S/C11H14BrFN2/c1-11(14)6-15-5-9(11)8-4-7(12)2-3-10(8)13/h2-4,9,15H,5-6,14H2,1H3. The molecule has 0 aromatic heterocycles. The highest BCUT2D eigenvalue weighted by molar-refractivity contribution is 9.10. The van der Waals surface area contributed by atoms with Gasteiger partial charge in [0.2, 0.25) is 0 Å². The number of benzene rings is 1. The van der Waals surface area contributed by atoms with Crippen LogP contribution in [0.4, 0.5) is 4.39 Å². The van der Waals surface area contributed by atoms with E-state index in [0.29, 0.717) is 5.56 Å². The Morgan fingerprint density at radius 2 is 2.33 bits per heavy atom. The Kier molecular flexibility index (Phi) is 2.83. The lowest BCUT2D eigenvalue weighted by molar-refractivity contribution is 0.447. The molecule has 0 aliphatic carbocycles. The van der Waals surface area contributed by atoms with Crippen molar-refractivity contribution in [2.45, 2.75) is 18.4 Å². The zero-order chi connectivity index (χ0) is 11.1. The van der Waals surface area contributed by atoms with Crippen molar-refractivity contribution < 1.29 is 4.39 Å². The lowest BCUT2D eigenvalue weighted by Crippen LogP contribution is -2.43. The van der Waals surface area contributed by atoms with Crippen molar-refractivity contribution in [3.63, 3.8) is 0 Å². The van der Waals surface area contributed by atoms with E-state index in [1.807, 2.05) is 13.0 Å². The summed E-state index contributed by atoms with van der Waals surface area (Å²) in [6, 6.07) is 5.00. The van der Waals surface area contributed by atoms with E-state index in [2.05, 4.69) is 21.2 Å². The summed E-state index contributed by atoms with van der Waals surface area (Å²) in [5.74, 6) is -0.140. The molecule has 82 valence electrons. The van der Waals surface area contributed by atoms with E-state index < -0.39 is 0 Å². The monoisotopic (exact) mass is 272 g/mol. The summed E-state index contributed by atoms with van der Waals surface area (Å²) in [4.78, 5) is 0. The molecule has 1 aromatic carbocycles. The van der Waals surface area contributed by atoms with Crippen LogP contribution in [0.1, 0.15) is 18.4 Å². The van der Waals surface area contributed by atoms with E-state index in [0.717, 1.165) is 17.6 Å². The number of hydrogen-bond acceptors (Lipinski definition) is 2. The second-order valence-corrected chi connectivity index (χ2v) is 5.27. The maximum absolute atomic E-state index is 13.7.